The lowest BCUT2D eigenvalue weighted by Crippen LogP contribution is -2.31. The Kier molecular flexibility index (Phi) is 9.25. The van der Waals surface area contributed by atoms with Crippen LogP contribution in [-0.4, -0.2) is 30.5 Å². The van der Waals surface area contributed by atoms with Crippen molar-refractivity contribution in [2.45, 2.75) is 33.6 Å². The van der Waals surface area contributed by atoms with Gasteiger partial charge in [0.15, 0.2) is 0 Å². The third-order valence-corrected chi connectivity index (χ3v) is 3.39. The van der Waals surface area contributed by atoms with Crippen molar-refractivity contribution in [2.24, 2.45) is 5.41 Å². The van der Waals surface area contributed by atoms with Gasteiger partial charge in [-0.3, -0.25) is 0 Å². The average molecular weight is 238 g/mol. The molecule has 1 N–H and O–H groups in total. The molecule has 0 spiro atoms. The maximum atomic E-state index is 5.69. The van der Waals surface area contributed by atoms with Crippen molar-refractivity contribution >= 4 is 23.4 Å². The molecule has 0 aromatic carbocycles. The van der Waals surface area contributed by atoms with Crippen molar-refractivity contribution < 1.29 is 0 Å². The first-order valence-corrected chi connectivity index (χ1v) is 7.16. The molecule has 0 rings (SSSR count). The quantitative estimate of drug-likeness (QED) is 0.488. The molecule has 0 saturated carbocycles. The molecule has 0 aliphatic heterocycles. The zero-order valence-corrected chi connectivity index (χ0v) is 11.3. The molecule has 1 nitrogen and oxygen atoms in total. The molecule has 86 valence electrons. The second-order valence-corrected chi connectivity index (χ2v) is 6.10. The molecule has 0 heterocycles. The number of hydrogen-bond donors (Lipinski definition) is 1. The zero-order valence-electron chi connectivity index (χ0n) is 9.74. The van der Waals surface area contributed by atoms with Crippen molar-refractivity contribution in [3.05, 3.63) is 0 Å². The smallest absolute Gasteiger partial charge is 0.0223 e. The number of nitrogens with one attached hydrogen (secondary N) is 1. The highest BCUT2D eigenvalue weighted by Gasteiger charge is 2.15. The van der Waals surface area contributed by atoms with E-state index in [9.17, 15) is 0 Å². The second-order valence-electron chi connectivity index (χ2n) is 4.33. The van der Waals surface area contributed by atoms with E-state index in [1.165, 1.54) is 17.9 Å². The first-order chi connectivity index (χ1) is 6.62. The largest absolute Gasteiger partial charge is 0.315 e. The summed E-state index contributed by atoms with van der Waals surface area (Å²) in [4.78, 5) is 0. The molecule has 0 amide bonds. The normalized spacial score (nSPS) is 12.0. The third kappa shape index (κ3) is 9.17. The predicted molar refractivity (Wildman–Crippen MR) is 69.6 cm³/mol. The molecule has 0 aromatic heterocycles. The molecule has 0 aliphatic carbocycles. The van der Waals surface area contributed by atoms with Crippen molar-refractivity contribution in [1.82, 2.24) is 5.32 Å². The number of alkyl halides is 1. The van der Waals surface area contributed by atoms with E-state index in [1.54, 1.807) is 0 Å². The van der Waals surface area contributed by atoms with Crippen molar-refractivity contribution in [2.75, 3.05) is 30.5 Å². The van der Waals surface area contributed by atoms with Crippen LogP contribution in [0.3, 0.4) is 0 Å². The molecule has 3 heteroatoms. The van der Waals surface area contributed by atoms with Crippen LogP contribution in [0.15, 0.2) is 0 Å². The fraction of sp³-hybridized carbons (Fsp3) is 1.00. The van der Waals surface area contributed by atoms with Crippen LogP contribution in [0.5, 0.6) is 0 Å². The number of hydrogen-bond acceptors (Lipinski definition) is 2. The molecule has 0 fully saturated rings. The molecule has 0 atom stereocenters. The third-order valence-electron chi connectivity index (χ3n) is 2.22. The molecule has 0 saturated heterocycles. The molecule has 0 radical (unpaired) electrons. The van der Waals surface area contributed by atoms with E-state index >= 15 is 0 Å². The highest BCUT2D eigenvalue weighted by Crippen LogP contribution is 2.21. The topological polar surface area (TPSA) is 12.0 Å². The number of thioether (sulfide) groups is 1. The van der Waals surface area contributed by atoms with Crippen LogP contribution >= 0.6 is 23.4 Å². The van der Waals surface area contributed by atoms with Crippen molar-refractivity contribution in [3.8, 4) is 0 Å². The lowest BCUT2D eigenvalue weighted by atomic mass is 9.88. The average Bonchev–Trinajstić information content (AvgIpc) is 2.15. The lowest BCUT2D eigenvalue weighted by Gasteiger charge is -2.24. The number of halogens is 1. The van der Waals surface area contributed by atoms with Gasteiger partial charge in [0.05, 0.1) is 0 Å². The van der Waals surface area contributed by atoms with Crippen molar-refractivity contribution in [1.29, 1.82) is 0 Å². The SMILES string of the molecule is CCSCCNCC(C)(C)CCCCl. The van der Waals surface area contributed by atoms with Crippen LogP contribution in [0.4, 0.5) is 0 Å². The highest BCUT2D eigenvalue weighted by atomic mass is 35.5. The fourth-order valence-electron chi connectivity index (χ4n) is 1.35. The van der Waals surface area contributed by atoms with Gasteiger partial charge in [-0.05, 0) is 24.0 Å². The maximum Gasteiger partial charge on any atom is 0.0223 e. The van der Waals surface area contributed by atoms with Gasteiger partial charge >= 0.3 is 0 Å². The van der Waals surface area contributed by atoms with Crippen molar-refractivity contribution in [3.63, 3.8) is 0 Å². The van der Waals surface area contributed by atoms with Crippen LogP contribution in [0.2, 0.25) is 0 Å². The summed E-state index contributed by atoms with van der Waals surface area (Å²) >= 11 is 7.68. The van der Waals surface area contributed by atoms with Gasteiger partial charge in [0.1, 0.15) is 0 Å². The first kappa shape index (κ1) is 14.6. The summed E-state index contributed by atoms with van der Waals surface area (Å²) in [5.74, 6) is 3.23. The standard InChI is InChI=1S/C11H24ClNS/c1-4-14-9-8-13-10-11(2,3)6-5-7-12/h13H,4-10H2,1-3H3. The summed E-state index contributed by atoms with van der Waals surface area (Å²) in [7, 11) is 0. The monoisotopic (exact) mass is 237 g/mol. The molecular formula is C11H24ClNS. The van der Waals surface area contributed by atoms with Gasteiger partial charge in [-0.15, -0.1) is 11.6 Å². The summed E-state index contributed by atoms with van der Waals surface area (Å²) in [6, 6.07) is 0. The van der Waals surface area contributed by atoms with Crippen LogP contribution in [0.1, 0.15) is 33.6 Å². The van der Waals surface area contributed by atoms with Gasteiger partial charge in [0.2, 0.25) is 0 Å². The molecule has 0 unspecified atom stereocenters. The fourth-order valence-corrected chi connectivity index (χ4v) is 2.06. The van der Waals surface area contributed by atoms with E-state index in [1.807, 2.05) is 11.8 Å². The summed E-state index contributed by atoms with van der Waals surface area (Å²) in [6.07, 6.45) is 2.34. The predicted octanol–water partition coefficient (Wildman–Crippen LogP) is 3.37. The summed E-state index contributed by atoms with van der Waals surface area (Å²) < 4.78 is 0. The molecule has 0 aliphatic rings. The van der Waals surface area contributed by atoms with Gasteiger partial charge in [0, 0.05) is 24.7 Å². The van der Waals surface area contributed by atoms with E-state index in [0.717, 1.165) is 25.4 Å². The lowest BCUT2D eigenvalue weighted by molar-refractivity contribution is 0.315. The Labute approximate surface area is 98.4 Å². The van der Waals surface area contributed by atoms with E-state index in [-0.39, 0.29) is 0 Å². The van der Waals surface area contributed by atoms with Crippen LogP contribution in [-0.2, 0) is 0 Å². The van der Waals surface area contributed by atoms with Crippen LogP contribution < -0.4 is 5.32 Å². The summed E-state index contributed by atoms with van der Waals surface area (Å²) in [5.41, 5.74) is 0.395. The Bertz CT molecular complexity index is 128. The van der Waals surface area contributed by atoms with Crippen LogP contribution in [0.25, 0.3) is 0 Å². The van der Waals surface area contributed by atoms with Crippen LogP contribution in [0, 0.1) is 5.41 Å². The Morgan fingerprint density at radius 3 is 2.64 bits per heavy atom. The molecule has 14 heavy (non-hydrogen) atoms. The van der Waals surface area contributed by atoms with E-state index < -0.39 is 0 Å². The minimum Gasteiger partial charge on any atom is -0.315 e. The minimum absolute atomic E-state index is 0.395. The summed E-state index contributed by atoms with van der Waals surface area (Å²) in [6.45, 7) is 9.05. The minimum atomic E-state index is 0.395. The van der Waals surface area contributed by atoms with E-state index in [4.69, 9.17) is 11.6 Å². The highest BCUT2D eigenvalue weighted by molar-refractivity contribution is 7.99. The van der Waals surface area contributed by atoms with Gasteiger partial charge in [-0.1, -0.05) is 20.8 Å². The van der Waals surface area contributed by atoms with Gasteiger partial charge in [-0.2, -0.15) is 11.8 Å². The Morgan fingerprint density at radius 1 is 1.36 bits per heavy atom. The maximum absolute atomic E-state index is 5.69. The number of rotatable bonds is 9. The van der Waals surface area contributed by atoms with E-state index in [2.05, 4.69) is 26.1 Å². The second kappa shape index (κ2) is 8.87. The van der Waals surface area contributed by atoms with Gasteiger partial charge in [-0.25, -0.2) is 0 Å². The molecule has 0 bridgehead atoms. The Hall–Kier alpha value is 0.600. The first-order valence-electron chi connectivity index (χ1n) is 5.47. The van der Waals surface area contributed by atoms with Gasteiger partial charge in [0.25, 0.3) is 0 Å². The van der Waals surface area contributed by atoms with Gasteiger partial charge < -0.3 is 5.32 Å². The molecule has 0 aromatic rings. The Balaban J connectivity index is 3.35. The Morgan fingerprint density at radius 2 is 2.07 bits per heavy atom. The van der Waals surface area contributed by atoms with E-state index in [0.29, 0.717) is 5.41 Å². The zero-order chi connectivity index (χ0) is 10.9. The molecular weight excluding hydrogens is 214 g/mol. The summed E-state index contributed by atoms with van der Waals surface area (Å²) in [5, 5.41) is 3.51.